The molecule has 2 aromatic rings. The highest BCUT2D eigenvalue weighted by molar-refractivity contribution is 6.31. The number of benzene rings is 2. The second kappa shape index (κ2) is 7.50. The lowest BCUT2D eigenvalue weighted by atomic mass is 10.2. The van der Waals surface area contributed by atoms with E-state index in [1.807, 2.05) is 30.3 Å². The van der Waals surface area contributed by atoms with Crippen molar-refractivity contribution in [2.45, 2.75) is 6.61 Å². The van der Waals surface area contributed by atoms with Crippen LogP contribution in [0.25, 0.3) is 0 Å². The molecule has 0 aliphatic heterocycles. The third-order valence-electron chi connectivity index (χ3n) is 2.83. The van der Waals surface area contributed by atoms with Crippen LogP contribution in [0.5, 0.6) is 5.75 Å². The van der Waals surface area contributed by atoms with Gasteiger partial charge in [-0.3, -0.25) is 4.79 Å². The highest BCUT2D eigenvalue weighted by Gasteiger charge is 2.12. The van der Waals surface area contributed by atoms with Gasteiger partial charge in [-0.15, -0.1) is 6.58 Å². The lowest BCUT2D eigenvalue weighted by molar-refractivity contribution is 0.0953. The summed E-state index contributed by atoms with van der Waals surface area (Å²) in [4.78, 5) is 12.1. The molecule has 0 saturated heterocycles. The van der Waals surface area contributed by atoms with Crippen LogP contribution in [0.4, 0.5) is 0 Å². The summed E-state index contributed by atoms with van der Waals surface area (Å²) in [6, 6.07) is 14.8. The molecule has 2 aromatic carbocycles. The van der Waals surface area contributed by atoms with E-state index < -0.39 is 0 Å². The second-order valence-electron chi connectivity index (χ2n) is 4.41. The van der Waals surface area contributed by atoms with Gasteiger partial charge in [-0.25, -0.2) is 0 Å². The van der Waals surface area contributed by atoms with E-state index in [1.165, 1.54) is 0 Å². The zero-order valence-electron chi connectivity index (χ0n) is 11.5. The zero-order valence-corrected chi connectivity index (χ0v) is 12.3. The second-order valence-corrected chi connectivity index (χ2v) is 4.85. The van der Waals surface area contributed by atoms with Gasteiger partial charge in [-0.05, 0) is 23.8 Å². The van der Waals surface area contributed by atoms with Crippen molar-refractivity contribution in [2.75, 3.05) is 6.54 Å². The maximum absolute atomic E-state index is 12.1. The van der Waals surface area contributed by atoms with Gasteiger partial charge in [0.05, 0.1) is 5.56 Å². The maximum atomic E-state index is 12.1. The van der Waals surface area contributed by atoms with Crippen LogP contribution in [0, 0.1) is 0 Å². The molecule has 0 unspecified atom stereocenters. The number of hydrogen-bond acceptors (Lipinski definition) is 2. The highest BCUT2D eigenvalue weighted by Crippen LogP contribution is 2.23. The summed E-state index contributed by atoms with van der Waals surface area (Å²) in [6.07, 6.45) is 1.62. The Kier molecular flexibility index (Phi) is 5.41. The molecule has 3 nitrogen and oxygen atoms in total. The molecule has 0 saturated carbocycles. The SMILES string of the molecule is C=CCNC(=O)c1cc(Cl)ccc1OCc1ccccc1. The van der Waals surface area contributed by atoms with Crippen LogP contribution in [0.2, 0.25) is 5.02 Å². The first kappa shape index (κ1) is 15.1. The molecule has 0 aromatic heterocycles. The molecule has 0 atom stereocenters. The van der Waals surface area contributed by atoms with Gasteiger partial charge in [-0.2, -0.15) is 0 Å². The van der Waals surface area contributed by atoms with Crippen LogP contribution in [0.3, 0.4) is 0 Å². The van der Waals surface area contributed by atoms with Crippen LogP contribution in [0.1, 0.15) is 15.9 Å². The molecule has 1 N–H and O–H groups in total. The Labute approximate surface area is 129 Å². The van der Waals surface area contributed by atoms with Crippen LogP contribution in [0.15, 0.2) is 61.2 Å². The largest absolute Gasteiger partial charge is 0.488 e. The van der Waals surface area contributed by atoms with Gasteiger partial charge in [-0.1, -0.05) is 48.0 Å². The molecule has 0 spiro atoms. The first-order valence-corrected chi connectivity index (χ1v) is 6.94. The Morgan fingerprint density at radius 1 is 1.24 bits per heavy atom. The Hall–Kier alpha value is -2.26. The normalized spacial score (nSPS) is 9.95. The average Bonchev–Trinajstić information content (AvgIpc) is 2.52. The quantitative estimate of drug-likeness (QED) is 0.823. The predicted molar refractivity (Wildman–Crippen MR) is 84.8 cm³/mol. The Bertz CT molecular complexity index is 626. The van der Waals surface area contributed by atoms with Crippen LogP contribution >= 0.6 is 11.6 Å². The average molecular weight is 302 g/mol. The van der Waals surface area contributed by atoms with E-state index in [4.69, 9.17) is 16.3 Å². The molecule has 0 bridgehead atoms. The lowest BCUT2D eigenvalue weighted by Gasteiger charge is -2.12. The minimum absolute atomic E-state index is 0.236. The molecular weight excluding hydrogens is 286 g/mol. The molecule has 1 amide bonds. The van der Waals surface area contributed by atoms with Gasteiger partial charge < -0.3 is 10.1 Å². The molecule has 0 aliphatic rings. The van der Waals surface area contributed by atoms with Crippen molar-refractivity contribution in [1.82, 2.24) is 5.32 Å². The van der Waals surface area contributed by atoms with Crippen molar-refractivity contribution >= 4 is 17.5 Å². The monoisotopic (exact) mass is 301 g/mol. The van der Waals surface area contributed by atoms with Gasteiger partial charge in [0.2, 0.25) is 0 Å². The van der Waals surface area contributed by atoms with Gasteiger partial charge in [0, 0.05) is 11.6 Å². The molecule has 0 radical (unpaired) electrons. The fourth-order valence-electron chi connectivity index (χ4n) is 1.80. The first-order chi connectivity index (χ1) is 10.2. The van der Waals surface area contributed by atoms with E-state index in [0.29, 0.717) is 29.5 Å². The summed E-state index contributed by atoms with van der Waals surface area (Å²) < 4.78 is 5.73. The number of rotatable bonds is 6. The summed E-state index contributed by atoms with van der Waals surface area (Å²) >= 11 is 5.96. The standard InChI is InChI=1S/C17H16ClNO2/c1-2-10-19-17(20)15-11-14(18)8-9-16(15)21-12-13-6-4-3-5-7-13/h2-9,11H,1,10,12H2,(H,19,20). The van der Waals surface area contributed by atoms with Crippen molar-refractivity contribution in [1.29, 1.82) is 0 Å². The fourth-order valence-corrected chi connectivity index (χ4v) is 1.97. The number of carbonyl (C=O) groups excluding carboxylic acids is 1. The van der Waals surface area contributed by atoms with E-state index in [0.717, 1.165) is 5.56 Å². The van der Waals surface area contributed by atoms with Gasteiger partial charge in [0.25, 0.3) is 5.91 Å². The van der Waals surface area contributed by atoms with E-state index in [2.05, 4.69) is 11.9 Å². The molecule has 108 valence electrons. The molecule has 2 rings (SSSR count). The van der Waals surface area contributed by atoms with Crippen LogP contribution in [-0.2, 0) is 6.61 Å². The van der Waals surface area contributed by atoms with E-state index in [1.54, 1.807) is 24.3 Å². The Morgan fingerprint density at radius 3 is 2.71 bits per heavy atom. The molecular formula is C17H16ClNO2. The molecule has 0 aliphatic carbocycles. The third kappa shape index (κ3) is 4.36. The topological polar surface area (TPSA) is 38.3 Å². The van der Waals surface area contributed by atoms with Crippen molar-refractivity contribution in [2.24, 2.45) is 0 Å². The summed E-state index contributed by atoms with van der Waals surface area (Å²) in [7, 11) is 0. The van der Waals surface area contributed by atoms with Gasteiger partial charge in [0.15, 0.2) is 0 Å². The number of hydrogen-bond donors (Lipinski definition) is 1. The van der Waals surface area contributed by atoms with Crippen molar-refractivity contribution in [3.63, 3.8) is 0 Å². The smallest absolute Gasteiger partial charge is 0.255 e. The summed E-state index contributed by atoms with van der Waals surface area (Å²) in [5, 5.41) is 3.21. The first-order valence-electron chi connectivity index (χ1n) is 6.56. The summed E-state index contributed by atoms with van der Waals surface area (Å²) in [5.74, 6) is 0.269. The van der Waals surface area contributed by atoms with E-state index in [9.17, 15) is 4.79 Å². The van der Waals surface area contributed by atoms with Crippen molar-refractivity contribution in [3.05, 3.63) is 77.3 Å². The Balaban J connectivity index is 2.14. The minimum Gasteiger partial charge on any atom is -0.488 e. The van der Waals surface area contributed by atoms with Crippen molar-refractivity contribution < 1.29 is 9.53 Å². The maximum Gasteiger partial charge on any atom is 0.255 e. The summed E-state index contributed by atoms with van der Waals surface area (Å²) in [6.45, 7) is 4.36. The molecule has 4 heteroatoms. The van der Waals surface area contributed by atoms with E-state index >= 15 is 0 Å². The van der Waals surface area contributed by atoms with Crippen molar-refractivity contribution in [3.8, 4) is 5.75 Å². The summed E-state index contributed by atoms with van der Waals surface area (Å²) in [5.41, 5.74) is 1.45. The molecule has 0 fully saturated rings. The lowest BCUT2D eigenvalue weighted by Crippen LogP contribution is -2.23. The molecule has 21 heavy (non-hydrogen) atoms. The number of amides is 1. The highest BCUT2D eigenvalue weighted by atomic mass is 35.5. The number of halogens is 1. The number of ether oxygens (including phenoxy) is 1. The fraction of sp³-hybridized carbons (Fsp3) is 0.118. The number of carbonyl (C=O) groups is 1. The van der Waals surface area contributed by atoms with Crippen LogP contribution < -0.4 is 10.1 Å². The number of nitrogens with one attached hydrogen (secondary N) is 1. The predicted octanol–water partition coefficient (Wildman–Crippen LogP) is 3.83. The Morgan fingerprint density at radius 2 is 2.00 bits per heavy atom. The van der Waals surface area contributed by atoms with Crippen LogP contribution in [-0.4, -0.2) is 12.5 Å². The zero-order chi connectivity index (χ0) is 15.1. The van der Waals surface area contributed by atoms with E-state index in [-0.39, 0.29) is 5.91 Å². The molecule has 0 heterocycles. The van der Waals surface area contributed by atoms with Gasteiger partial charge in [0.1, 0.15) is 12.4 Å². The third-order valence-corrected chi connectivity index (χ3v) is 3.07. The minimum atomic E-state index is -0.236. The van der Waals surface area contributed by atoms with Gasteiger partial charge >= 0.3 is 0 Å².